The SMILES string of the molecule is CC1(C)c2ccccc2-c2ccc(N(c3ccc(-c4ccccc4-c4ccccc4)cc3)c3ccc(-c4cccc5c4oc4ccccc45)cc3)cc21. The van der Waals surface area contributed by atoms with Gasteiger partial charge >= 0.3 is 0 Å². The lowest BCUT2D eigenvalue weighted by molar-refractivity contribution is 0.660. The average molecular weight is 680 g/mol. The summed E-state index contributed by atoms with van der Waals surface area (Å²) in [5, 5.41) is 2.28. The van der Waals surface area contributed by atoms with E-state index in [2.05, 4.69) is 195 Å². The number of anilines is 3. The molecular weight excluding hydrogens is 643 g/mol. The largest absolute Gasteiger partial charge is 0.455 e. The predicted molar refractivity (Wildman–Crippen MR) is 222 cm³/mol. The molecule has 1 aliphatic carbocycles. The summed E-state index contributed by atoms with van der Waals surface area (Å²) in [4.78, 5) is 2.39. The zero-order chi connectivity index (χ0) is 35.5. The number of rotatable bonds is 6. The summed E-state index contributed by atoms with van der Waals surface area (Å²) in [6.07, 6.45) is 0. The minimum Gasteiger partial charge on any atom is -0.455 e. The maximum Gasteiger partial charge on any atom is 0.143 e. The Balaban J connectivity index is 1.09. The van der Waals surface area contributed by atoms with Crippen molar-refractivity contribution in [1.82, 2.24) is 0 Å². The van der Waals surface area contributed by atoms with E-state index in [9.17, 15) is 0 Å². The van der Waals surface area contributed by atoms with E-state index in [4.69, 9.17) is 4.42 Å². The Labute approximate surface area is 310 Å². The van der Waals surface area contributed by atoms with Crippen LogP contribution in [0, 0.1) is 0 Å². The average Bonchev–Trinajstić information content (AvgIpc) is 3.71. The van der Waals surface area contributed by atoms with Gasteiger partial charge in [0.05, 0.1) is 0 Å². The van der Waals surface area contributed by atoms with Crippen LogP contribution in [-0.4, -0.2) is 0 Å². The summed E-state index contributed by atoms with van der Waals surface area (Å²) in [7, 11) is 0. The van der Waals surface area contributed by atoms with Gasteiger partial charge in [0, 0.05) is 38.8 Å². The molecule has 0 atom stereocenters. The number of hydrogen-bond acceptors (Lipinski definition) is 2. The summed E-state index contributed by atoms with van der Waals surface area (Å²) >= 11 is 0. The quantitative estimate of drug-likeness (QED) is 0.174. The van der Waals surface area contributed by atoms with E-state index in [1.54, 1.807) is 0 Å². The maximum atomic E-state index is 6.42. The zero-order valence-corrected chi connectivity index (χ0v) is 29.8. The van der Waals surface area contributed by atoms with Crippen LogP contribution in [0.2, 0.25) is 0 Å². The monoisotopic (exact) mass is 679 g/mol. The van der Waals surface area contributed by atoms with Crippen molar-refractivity contribution in [3.63, 3.8) is 0 Å². The molecule has 252 valence electrons. The Kier molecular flexibility index (Phi) is 7.19. The molecule has 0 saturated heterocycles. The summed E-state index contributed by atoms with van der Waals surface area (Å²) in [5.74, 6) is 0. The van der Waals surface area contributed by atoms with E-state index in [0.29, 0.717) is 0 Å². The van der Waals surface area contributed by atoms with E-state index in [1.807, 2.05) is 12.1 Å². The molecule has 0 amide bonds. The van der Waals surface area contributed by atoms with Crippen LogP contribution in [0.15, 0.2) is 192 Å². The lowest BCUT2D eigenvalue weighted by atomic mass is 9.82. The highest BCUT2D eigenvalue weighted by Crippen LogP contribution is 2.51. The lowest BCUT2D eigenvalue weighted by Crippen LogP contribution is -2.16. The van der Waals surface area contributed by atoms with Gasteiger partial charge in [0.15, 0.2) is 0 Å². The van der Waals surface area contributed by atoms with Gasteiger partial charge in [0.2, 0.25) is 0 Å². The third-order valence-corrected chi connectivity index (χ3v) is 11.1. The third kappa shape index (κ3) is 5.10. The standard InChI is InChI=1S/C51H37NO/c1-51(2)47-21-10-8-17-43(47)44-32-31-39(33-48(44)51)52(37-27-23-35(24-28-37)41-16-7-6-15-40(41)34-13-4-3-5-14-34)38-29-25-36(26-30-38)42-19-12-20-46-45-18-9-11-22-49(45)53-50(42)46/h3-33H,1-2H3. The van der Waals surface area contributed by atoms with Crippen molar-refractivity contribution in [2.24, 2.45) is 0 Å². The second kappa shape index (κ2) is 12.3. The fourth-order valence-electron chi connectivity index (χ4n) is 8.44. The Bertz CT molecular complexity index is 2790. The van der Waals surface area contributed by atoms with Gasteiger partial charge in [0.25, 0.3) is 0 Å². The molecule has 1 aromatic heterocycles. The second-order valence-corrected chi connectivity index (χ2v) is 14.5. The smallest absolute Gasteiger partial charge is 0.143 e. The van der Waals surface area contributed by atoms with E-state index < -0.39 is 0 Å². The van der Waals surface area contributed by atoms with Gasteiger partial charge in [0.1, 0.15) is 11.2 Å². The molecule has 0 saturated carbocycles. The molecule has 0 aliphatic heterocycles. The van der Waals surface area contributed by atoms with Gasteiger partial charge in [-0.2, -0.15) is 0 Å². The topological polar surface area (TPSA) is 16.4 Å². The molecule has 2 nitrogen and oxygen atoms in total. The predicted octanol–water partition coefficient (Wildman–Crippen LogP) is 14.4. The number of benzene rings is 8. The van der Waals surface area contributed by atoms with Crippen LogP contribution in [0.25, 0.3) is 66.4 Å². The molecule has 2 heteroatoms. The first-order valence-electron chi connectivity index (χ1n) is 18.3. The third-order valence-electron chi connectivity index (χ3n) is 11.1. The molecular formula is C51H37NO. The first-order valence-corrected chi connectivity index (χ1v) is 18.3. The van der Waals surface area contributed by atoms with E-state index >= 15 is 0 Å². The Morgan fingerprint density at radius 2 is 0.887 bits per heavy atom. The molecule has 8 aromatic carbocycles. The molecule has 0 N–H and O–H groups in total. The van der Waals surface area contributed by atoms with Crippen LogP contribution in [0.4, 0.5) is 17.1 Å². The highest BCUT2D eigenvalue weighted by Gasteiger charge is 2.35. The molecule has 53 heavy (non-hydrogen) atoms. The first-order chi connectivity index (χ1) is 26.0. The van der Waals surface area contributed by atoms with Gasteiger partial charge in [-0.25, -0.2) is 0 Å². The van der Waals surface area contributed by atoms with Crippen molar-refractivity contribution in [1.29, 1.82) is 0 Å². The summed E-state index contributed by atoms with van der Waals surface area (Å²) < 4.78 is 6.42. The normalized spacial score (nSPS) is 12.9. The molecule has 9 aromatic rings. The highest BCUT2D eigenvalue weighted by atomic mass is 16.3. The molecule has 0 radical (unpaired) electrons. The maximum absolute atomic E-state index is 6.42. The Hall–Kier alpha value is -6.64. The van der Waals surface area contributed by atoms with Crippen LogP contribution in [0.1, 0.15) is 25.0 Å². The van der Waals surface area contributed by atoms with Gasteiger partial charge in [-0.1, -0.05) is 159 Å². The second-order valence-electron chi connectivity index (χ2n) is 14.5. The van der Waals surface area contributed by atoms with Gasteiger partial charge < -0.3 is 9.32 Å². The van der Waals surface area contributed by atoms with Crippen molar-refractivity contribution in [2.45, 2.75) is 19.3 Å². The van der Waals surface area contributed by atoms with E-state index in [1.165, 1.54) is 44.5 Å². The Morgan fingerprint density at radius 1 is 0.377 bits per heavy atom. The number of fused-ring (bicyclic) bond motifs is 6. The van der Waals surface area contributed by atoms with Crippen LogP contribution < -0.4 is 4.90 Å². The lowest BCUT2D eigenvalue weighted by Gasteiger charge is -2.28. The molecule has 0 unspecified atom stereocenters. The molecule has 1 aliphatic rings. The number of para-hydroxylation sites is 2. The van der Waals surface area contributed by atoms with Crippen LogP contribution in [0.3, 0.4) is 0 Å². The van der Waals surface area contributed by atoms with Gasteiger partial charge in [-0.3, -0.25) is 0 Å². The minimum atomic E-state index is -0.103. The number of nitrogens with zero attached hydrogens (tertiary/aromatic N) is 1. The van der Waals surface area contributed by atoms with Gasteiger partial charge in [-0.05, 0) is 92.5 Å². The van der Waals surface area contributed by atoms with Crippen molar-refractivity contribution in [2.75, 3.05) is 4.90 Å². The van der Waals surface area contributed by atoms with Crippen LogP contribution >= 0.6 is 0 Å². The van der Waals surface area contributed by atoms with Crippen molar-refractivity contribution in [3.05, 3.63) is 199 Å². The Morgan fingerprint density at radius 3 is 1.60 bits per heavy atom. The highest BCUT2D eigenvalue weighted by molar-refractivity contribution is 6.09. The fraction of sp³-hybridized carbons (Fsp3) is 0.0588. The van der Waals surface area contributed by atoms with Crippen molar-refractivity contribution < 1.29 is 4.42 Å². The molecule has 1 heterocycles. The summed E-state index contributed by atoms with van der Waals surface area (Å²) in [6.45, 7) is 4.69. The van der Waals surface area contributed by atoms with Crippen LogP contribution in [-0.2, 0) is 5.41 Å². The number of hydrogen-bond donors (Lipinski definition) is 0. The minimum absolute atomic E-state index is 0.103. The fourth-order valence-corrected chi connectivity index (χ4v) is 8.44. The summed E-state index contributed by atoms with van der Waals surface area (Å²) in [6, 6.07) is 67.8. The number of furan rings is 1. The molecule has 0 spiro atoms. The van der Waals surface area contributed by atoms with Crippen molar-refractivity contribution in [3.8, 4) is 44.5 Å². The molecule has 0 fully saturated rings. The molecule has 10 rings (SSSR count). The summed E-state index contributed by atoms with van der Waals surface area (Å²) in [5.41, 5.74) is 17.5. The first kappa shape index (κ1) is 31.1. The van der Waals surface area contributed by atoms with E-state index in [-0.39, 0.29) is 5.41 Å². The zero-order valence-electron chi connectivity index (χ0n) is 29.8. The van der Waals surface area contributed by atoms with Gasteiger partial charge in [-0.15, -0.1) is 0 Å². The van der Waals surface area contributed by atoms with E-state index in [0.717, 1.165) is 50.1 Å². The van der Waals surface area contributed by atoms with Crippen LogP contribution in [0.5, 0.6) is 0 Å². The molecule has 0 bridgehead atoms. The van der Waals surface area contributed by atoms with Crippen molar-refractivity contribution >= 4 is 39.0 Å².